The molecule has 0 unspecified atom stereocenters. The summed E-state index contributed by atoms with van der Waals surface area (Å²) in [4.78, 5) is 121. The van der Waals surface area contributed by atoms with E-state index >= 15 is 0 Å². The molecule has 21 heteroatoms. The number of carbonyl (C=O) groups excluding carboxylic acids is 9. The molecule has 0 aromatic heterocycles. The van der Waals surface area contributed by atoms with Gasteiger partial charge in [-0.3, -0.25) is 47.9 Å². The van der Waals surface area contributed by atoms with Crippen LogP contribution in [0.1, 0.15) is 47.5 Å². The van der Waals surface area contributed by atoms with Gasteiger partial charge in [0.1, 0.15) is 30.7 Å². The molecule has 0 aromatic carbocycles. The van der Waals surface area contributed by atoms with E-state index in [1.807, 2.05) is 5.32 Å². The highest BCUT2D eigenvalue weighted by atomic mass is 16.4. The van der Waals surface area contributed by atoms with Crippen LogP contribution in [0.2, 0.25) is 0 Å². The topological polar surface area (TPSA) is 339 Å². The van der Waals surface area contributed by atoms with Crippen molar-refractivity contribution in [3.63, 3.8) is 0 Å². The Balaban J connectivity index is 5.15. The zero-order chi connectivity index (χ0) is 37.8. The Bertz CT molecular complexity index is 1240. The fraction of sp³-hybridized carbons (Fsp3) is 0.643. The molecule has 0 aliphatic heterocycles. The van der Waals surface area contributed by atoms with E-state index in [2.05, 4.69) is 37.2 Å². The summed E-state index contributed by atoms with van der Waals surface area (Å²) in [6.07, 6.45) is -0.497. The lowest BCUT2D eigenvalue weighted by Crippen LogP contribution is -2.57. The molecule has 276 valence electrons. The van der Waals surface area contributed by atoms with Crippen LogP contribution in [0.25, 0.3) is 0 Å². The summed E-state index contributed by atoms with van der Waals surface area (Å²) in [5.74, 6) is -9.10. The Morgan fingerprint density at radius 2 is 1.08 bits per heavy atom. The molecule has 0 saturated carbocycles. The lowest BCUT2D eigenvalue weighted by molar-refractivity contribution is -0.139. The Morgan fingerprint density at radius 1 is 0.571 bits per heavy atom. The van der Waals surface area contributed by atoms with Crippen molar-refractivity contribution in [1.29, 1.82) is 0 Å². The highest BCUT2D eigenvalue weighted by Crippen LogP contribution is 2.06. The van der Waals surface area contributed by atoms with Crippen molar-refractivity contribution in [2.24, 2.45) is 23.3 Å². The summed E-state index contributed by atoms with van der Waals surface area (Å²) < 4.78 is 0. The molecular weight excluding hydrogens is 652 g/mol. The van der Waals surface area contributed by atoms with Crippen LogP contribution >= 0.6 is 0 Å². The third-order valence-corrected chi connectivity index (χ3v) is 6.33. The molecule has 21 nitrogen and oxygen atoms in total. The fourth-order valence-electron chi connectivity index (χ4n) is 3.88. The number of nitrogens with one attached hydrogen (secondary N) is 8. The predicted octanol–water partition coefficient (Wildman–Crippen LogP) is -5.97. The van der Waals surface area contributed by atoms with Gasteiger partial charge in [-0.15, -0.1) is 0 Å². The molecule has 0 spiro atoms. The largest absolute Gasteiger partial charge is 0.480 e. The van der Waals surface area contributed by atoms with Crippen LogP contribution in [0.3, 0.4) is 0 Å². The lowest BCUT2D eigenvalue weighted by Gasteiger charge is -2.25. The van der Waals surface area contributed by atoms with Gasteiger partial charge in [-0.25, -0.2) is 0 Å². The quantitative estimate of drug-likeness (QED) is 0.0503. The van der Waals surface area contributed by atoms with E-state index in [1.165, 1.54) is 6.92 Å². The second-order valence-corrected chi connectivity index (χ2v) is 11.6. The minimum Gasteiger partial charge on any atom is -0.480 e. The molecule has 49 heavy (non-hydrogen) atoms. The van der Waals surface area contributed by atoms with E-state index in [4.69, 9.17) is 16.6 Å². The first kappa shape index (κ1) is 43.7. The van der Waals surface area contributed by atoms with E-state index < -0.39 is 122 Å². The van der Waals surface area contributed by atoms with E-state index in [0.29, 0.717) is 0 Å². The lowest BCUT2D eigenvalue weighted by atomic mass is 10.0. The van der Waals surface area contributed by atoms with Gasteiger partial charge in [0.2, 0.25) is 53.2 Å². The summed E-state index contributed by atoms with van der Waals surface area (Å²) in [6, 6.07) is -4.85. The highest BCUT2D eigenvalue weighted by Gasteiger charge is 2.30. The normalized spacial score (nSPS) is 13.1. The van der Waals surface area contributed by atoms with Crippen LogP contribution in [0, 0.1) is 11.8 Å². The zero-order valence-electron chi connectivity index (χ0n) is 28.1. The minimum atomic E-state index is -1.52. The van der Waals surface area contributed by atoms with Crippen LogP contribution < -0.4 is 54.0 Å². The van der Waals surface area contributed by atoms with Gasteiger partial charge in [-0.2, -0.15) is 0 Å². The number of nitrogens with two attached hydrogens (primary N) is 2. The number of carboxylic acids is 1. The highest BCUT2D eigenvalue weighted by molar-refractivity contribution is 5.97. The van der Waals surface area contributed by atoms with Crippen LogP contribution in [0.15, 0.2) is 0 Å². The average molecular weight is 701 g/mol. The van der Waals surface area contributed by atoms with Crippen LogP contribution in [-0.2, 0) is 47.9 Å². The number of hydrogen-bond donors (Lipinski definition) is 11. The Hall–Kier alpha value is -5.34. The molecule has 0 aromatic rings. The summed E-state index contributed by atoms with van der Waals surface area (Å²) >= 11 is 0. The number of aliphatic carboxylic acids is 1. The maximum Gasteiger partial charge on any atom is 0.322 e. The number of primary amides is 1. The monoisotopic (exact) mass is 700 g/mol. The van der Waals surface area contributed by atoms with E-state index in [9.17, 15) is 47.9 Å². The molecule has 0 saturated heterocycles. The molecule has 0 radical (unpaired) electrons. The first-order valence-corrected chi connectivity index (χ1v) is 15.3. The molecule has 0 bridgehead atoms. The van der Waals surface area contributed by atoms with Gasteiger partial charge >= 0.3 is 5.97 Å². The second kappa shape index (κ2) is 22.3. The van der Waals surface area contributed by atoms with Gasteiger partial charge in [0.15, 0.2) is 0 Å². The van der Waals surface area contributed by atoms with Gasteiger partial charge in [0, 0.05) is 0 Å². The summed E-state index contributed by atoms with van der Waals surface area (Å²) in [6.45, 7) is 5.31. The zero-order valence-corrected chi connectivity index (χ0v) is 28.1. The Kier molecular flexibility index (Phi) is 19.8. The van der Waals surface area contributed by atoms with Crippen molar-refractivity contribution in [3.8, 4) is 0 Å². The number of hydrogen-bond acceptors (Lipinski definition) is 11. The van der Waals surface area contributed by atoms with Crippen LogP contribution in [0.4, 0.5) is 0 Å². The SMILES string of the molecule is CC(C)C[C@H](NC(=O)CNC(=O)CNC(=O)[C@H](C)NC(=O)CN)C(=O)NCC(=O)N[C@H](C(=O)N[C@@H](CC(N)=O)C(=O)NCC(=O)O)C(C)C. The Labute approximate surface area is 282 Å². The molecule has 4 atom stereocenters. The van der Waals surface area contributed by atoms with E-state index in [0.717, 1.165) is 0 Å². The summed E-state index contributed by atoms with van der Waals surface area (Å²) in [5.41, 5.74) is 10.3. The minimum absolute atomic E-state index is 0.0912. The van der Waals surface area contributed by atoms with Gasteiger partial charge in [-0.05, 0) is 25.2 Å². The van der Waals surface area contributed by atoms with Crippen molar-refractivity contribution in [2.45, 2.75) is 71.6 Å². The number of carbonyl (C=O) groups is 10. The molecular formula is C28H48N10O11. The molecule has 9 amide bonds. The second-order valence-electron chi connectivity index (χ2n) is 11.6. The van der Waals surface area contributed by atoms with Crippen molar-refractivity contribution < 1.29 is 53.1 Å². The number of amides is 9. The Morgan fingerprint density at radius 3 is 1.61 bits per heavy atom. The molecule has 0 aliphatic carbocycles. The fourth-order valence-corrected chi connectivity index (χ4v) is 3.88. The molecule has 0 rings (SSSR count). The smallest absolute Gasteiger partial charge is 0.322 e. The van der Waals surface area contributed by atoms with Crippen molar-refractivity contribution >= 4 is 59.1 Å². The number of carboxylic acid groups (broad SMARTS) is 1. The van der Waals surface area contributed by atoms with Crippen LogP contribution in [0.5, 0.6) is 0 Å². The van der Waals surface area contributed by atoms with Crippen LogP contribution in [-0.4, -0.2) is 121 Å². The molecule has 0 heterocycles. The maximum absolute atomic E-state index is 12.9. The molecule has 0 fully saturated rings. The van der Waals surface area contributed by atoms with E-state index in [-0.39, 0.29) is 18.9 Å². The van der Waals surface area contributed by atoms with Gasteiger partial charge in [-0.1, -0.05) is 27.7 Å². The average Bonchev–Trinajstić information content (AvgIpc) is 3.01. The van der Waals surface area contributed by atoms with Crippen molar-refractivity contribution in [1.82, 2.24) is 42.5 Å². The third-order valence-electron chi connectivity index (χ3n) is 6.33. The van der Waals surface area contributed by atoms with Gasteiger partial charge in [0.05, 0.1) is 32.6 Å². The molecule has 0 aliphatic rings. The maximum atomic E-state index is 12.9. The van der Waals surface area contributed by atoms with Gasteiger partial charge in [0.25, 0.3) is 0 Å². The first-order chi connectivity index (χ1) is 22.8. The third kappa shape index (κ3) is 19.2. The standard InChI is InChI=1S/C28H48N10O11/c1-13(2)6-16(36-21(42)10-31-20(41)9-32-25(46)15(5)35-19(40)8-29)26(47)33-11-22(43)38-24(14(3)4)28(49)37-17(7-18(30)39)27(48)34-12-23(44)45/h13-17,24H,6-12,29H2,1-5H3,(H2,30,39)(H,31,41)(H,32,46)(H,33,47)(H,34,48)(H,35,40)(H,36,42)(H,37,49)(H,38,43)(H,44,45)/t15-,16-,17-,24-/m0/s1. The molecule has 13 N–H and O–H groups in total. The van der Waals surface area contributed by atoms with Crippen molar-refractivity contribution in [3.05, 3.63) is 0 Å². The predicted molar refractivity (Wildman–Crippen MR) is 170 cm³/mol. The summed E-state index contributed by atoms with van der Waals surface area (Å²) in [5, 5.41) is 27.2. The van der Waals surface area contributed by atoms with E-state index in [1.54, 1.807) is 27.7 Å². The number of rotatable bonds is 22. The first-order valence-electron chi connectivity index (χ1n) is 15.3. The van der Waals surface area contributed by atoms with Crippen molar-refractivity contribution in [2.75, 3.05) is 32.7 Å². The van der Waals surface area contributed by atoms with Gasteiger partial charge < -0.3 is 59.1 Å². The summed E-state index contributed by atoms with van der Waals surface area (Å²) in [7, 11) is 0.